The molecule has 2 aromatic carbocycles. The lowest BCUT2D eigenvalue weighted by molar-refractivity contribution is -0.137. The summed E-state index contributed by atoms with van der Waals surface area (Å²) in [5, 5.41) is 2.69. The quantitative estimate of drug-likeness (QED) is 0.798. The van der Waals surface area contributed by atoms with E-state index >= 15 is 0 Å². The van der Waals surface area contributed by atoms with E-state index in [2.05, 4.69) is 5.32 Å². The average molecular weight is 295 g/mol. The largest absolute Gasteiger partial charge is 0.349 e. The normalized spacial score (nSPS) is 10.2. The minimum absolute atomic E-state index is 0.250. The van der Waals surface area contributed by atoms with E-state index in [1.807, 2.05) is 61.5 Å². The molecule has 2 rings (SSSR count). The van der Waals surface area contributed by atoms with E-state index < -0.39 is 5.91 Å². The van der Waals surface area contributed by atoms with E-state index in [0.717, 1.165) is 17.5 Å². The zero-order chi connectivity index (χ0) is 15.8. The standard InChI is InChI=1S/C19H21NO2/c1-15-7-9-17(10-8-15)11-12-18(21)19(22)20-14-13-16-5-3-2-4-6-16/h2-10H,11-14H2,1H3,(H,20,22). The first kappa shape index (κ1) is 16.0. The molecule has 0 fully saturated rings. The molecule has 22 heavy (non-hydrogen) atoms. The maximum atomic E-state index is 11.8. The number of Topliss-reactive ketones (excluding diaryl/α,β-unsaturated/α-hetero) is 1. The van der Waals surface area contributed by atoms with Gasteiger partial charge in [-0.15, -0.1) is 0 Å². The van der Waals surface area contributed by atoms with Crippen molar-refractivity contribution in [3.05, 3.63) is 71.3 Å². The summed E-state index contributed by atoms with van der Waals surface area (Å²) in [6, 6.07) is 17.9. The van der Waals surface area contributed by atoms with Crippen LogP contribution < -0.4 is 5.32 Å². The number of nitrogens with one attached hydrogen (secondary N) is 1. The van der Waals surface area contributed by atoms with Crippen molar-refractivity contribution in [3.63, 3.8) is 0 Å². The lowest BCUT2D eigenvalue weighted by Gasteiger charge is -2.05. The molecule has 0 aliphatic rings. The molecule has 0 aliphatic carbocycles. The summed E-state index contributed by atoms with van der Waals surface area (Å²) in [6.07, 6.45) is 1.59. The Labute approximate surface area is 131 Å². The van der Waals surface area contributed by atoms with Crippen molar-refractivity contribution in [3.8, 4) is 0 Å². The molecule has 0 saturated heterocycles. The van der Waals surface area contributed by atoms with Gasteiger partial charge in [-0.25, -0.2) is 0 Å². The highest BCUT2D eigenvalue weighted by molar-refractivity contribution is 6.36. The third-order valence-electron chi connectivity index (χ3n) is 3.56. The summed E-state index contributed by atoms with van der Waals surface area (Å²) in [4.78, 5) is 23.6. The number of rotatable bonds is 7. The highest BCUT2D eigenvalue weighted by atomic mass is 16.2. The van der Waals surface area contributed by atoms with E-state index in [1.54, 1.807) is 0 Å². The molecular weight excluding hydrogens is 274 g/mol. The van der Waals surface area contributed by atoms with E-state index in [-0.39, 0.29) is 12.2 Å². The summed E-state index contributed by atoms with van der Waals surface area (Å²) >= 11 is 0. The molecule has 114 valence electrons. The average Bonchev–Trinajstić information content (AvgIpc) is 2.55. The third kappa shape index (κ3) is 5.17. The van der Waals surface area contributed by atoms with E-state index in [9.17, 15) is 9.59 Å². The Kier molecular flexibility index (Phi) is 5.90. The number of benzene rings is 2. The fourth-order valence-corrected chi connectivity index (χ4v) is 2.19. The van der Waals surface area contributed by atoms with Gasteiger partial charge < -0.3 is 5.32 Å². The van der Waals surface area contributed by atoms with Crippen LogP contribution in [0.25, 0.3) is 0 Å². The molecule has 0 radical (unpaired) electrons. The van der Waals surface area contributed by atoms with Gasteiger partial charge >= 0.3 is 0 Å². The van der Waals surface area contributed by atoms with Crippen molar-refractivity contribution in [2.24, 2.45) is 0 Å². The van der Waals surface area contributed by atoms with Crippen LogP contribution in [0.5, 0.6) is 0 Å². The van der Waals surface area contributed by atoms with Gasteiger partial charge in [0.15, 0.2) is 0 Å². The number of ketones is 1. The smallest absolute Gasteiger partial charge is 0.287 e. The van der Waals surface area contributed by atoms with Gasteiger partial charge in [-0.1, -0.05) is 60.2 Å². The Bertz CT molecular complexity index is 618. The molecular formula is C19H21NO2. The van der Waals surface area contributed by atoms with Crippen molar-refractivity contribution < 1.29 is 9.59 Å². The SMILES string of the molecule is Cc1ccc(CCC(=O)C(=O)NCCc2ccccc2)cc1. The Hall–Kier alpha value is -2.42. The van der Waals surface area contributed by atoms with Gasteiger partial charge in [0.1, 0.15) is 0 Å². The van der Waals surface area contributed by atoms with Crippen LogP contribution >= 0.6 is 0 Å². The van der Waals surface area contributed by atoms with Crippen LogP contribution in [-0.4, -0.2) is 18.2 Å². The lowest BCUT2D eigenvalue weighted by Crippen LogP contribution is -2.32. The Balaban J connectivity index is 1.70. The third-order valence-corrected chi connectivity index (χ3v) is 3.56. The Morgan fingerprint density at radius 2 is 1.50 bits per heavy atom. The number of carbonyl (C=O) groups excluding carboxylic acids is 2. The first-order valence-corrected chi connectivity index (χ1v) is 7.55. The predicted molar refractivity (Wildman–Crippen MR) is 87.7 cm³/mol. The zero-order valence-corrected chi connectivity index (χ0v) is 12.8. The number of carbonyl (C=O) groups is 2. The van der Waals surface area contributed by atoms with Gasteiger partial charge in [0.05, 0.1) is 0 Å². The predicted octanol–water partition coefficient (Wildman–Crippen LogP) is 2.86. The fourth-order valence-electron chi connectivity index (χ4n) is 2.19. The van der Waals surface area contributed by atoms with E-state index in [0.29, 0.717) is 13.0 Å². The topological polar surface area (TPSA) is 46.2 Å². The molecule has 0 atom stereocenters. The monoisotopic (exact) mass is 295 g/mol. The fraction of sp³-hybridized carbons (Fsp3) is 0.263. The molecule has 1 amide bonds. The van der Waals surface area contributed by atoms with Crippen molar-refractivity contribution in [1.29, 1.82) is 0 Å². The Morgan fingerprint density at radius 3 is 2.18 bits per heavy atom. The van der Waals surface area contributed by atoms with Gasteiger partial charge in [-0.2, -0.15) is 0 Å². The van der Waals surface area contributed by atoms with Crippen LogP contribution in [-0.2, 0) is 22.4 Å². The van der Waals surface area contributed by atoms with E-state index in [4.69, 9.17) is 0 Å². The van der Waals surface area contributed by atoms with Crippen LogP contribution in [0.2, 0.25) is 0 Å². The van der Waals surface area contributed by atoms with Crippen LogP contribution in [0.15, 0.2) is 54.6 Å². The molecule has 0 aromatic heterocycles. The van der Waals surface area contributed by atoms with Crippen LogP contribution in [0.1, 0.15) is 23.1 Å². The van der Waals surface area contributed by atoms with Gasteiger partial charge in [-0.05, 0) is 30.9 Å². The summed E-state index contributed by atoms with van der Waals surface area (Å²) < 4.78 is 0. The van der Waals surface area contributed by atoms with Gasteiger partial charge in [0, 0.05) is 13.0 Å². The molecule has 0 spiro atoms. The second-order valence-corrected chi connectivity index (χ2v) is 5.40. The summed E-state index contributed by atoms with van der Waals surface area (Å²) in [5.41, 5.74) is 3.42. The first-order chi connectivity index (χ1) is 10.6. The molecule has 0 saturated carbocycles. The number of hydrogen-bond acceptors (Lipinski definition) is 2. The minimum Gasteiger partial charge on any atom is -0.349 e. The minimum atomic E-state index is -0.483. The maximum Gasteiger partial charge on any atom is 0.287 e. The van der Waals surface area contributed by atoms with Crippen molar-refractivity contribution in [1.82, 2.24) is 5.32 Å². The molecule has 0 unspecified atom stereocenters. The van der Waals surface area contributed by atoms with Crippen LogP contribution in [0.4, 0.5) is 0 Å². The number of aryl methyl sites for hydroxylation is 2. The molecule has 0 bridgehead atoms. The van der Waals surface area contributed by atoms with Crippen molar-refractivity contribution >= 4 is 11.7 Å². The van der Waals surface area contributed by atoms with Gasteiger partial charge in [-0.3, -0.25) is 9.59 Å². The van der Waals surface area contributed by atoms with Crippen LogP contribution in [0, 0.1) is 6.92 Å². The van der Waals surface area contributed by atoms with Gasteiger partial charge in [0.2, 0.25) is 5.78 Å². The molecule has 0 aliphatic heterocycles. The lowest BCUT2D eigenvalue weighted by atomic mass is 10.1. The highest BCUT2D eigenvalue weighted by Crippen LogP contribution is 2.06. The molecule has 0 heterocycles. The number of amides is 1. The molecule has 3 heteroatoms. The summed E-state index contributed by atoms with van der Waals surface area (Å²) in [7, 11) is 0. The zero-order valence-electron chi connectivity index (χ0n) is 12.8. The van der Waals surface area contributed by atoms with Crippen molar-refractivity contribution in [2.45, 2.75) is 26.2 Å². The van der Waals surface area contributed by atoms with Gasteiger partial charge in [0.25, 0.3) is 5.91 Å². The molecule has 1 N–H and O–H groups in total. The Morgan fingerprint density at radius 1 is 0.864 bits per heavy atom. The second kappa shape index (κ2) is 8.13. The first-order valence-electron chi connectivity index (χ1n) is 7.55. The number of hydrogen-bond donors (Lipinski definition) is 1. The molecule has 3 nitrogen and oxygen atoms in total. The van der Waals surface area contributed by atoms with E-state index in [1.165, 1.54) is 5.56 Å². The summed E-state index contributed by atoms with van der Waals surface area (Å²) in [5.74, 6) is -0.836. The van der Waals surface area contributed by atoms with Crippen molar-refractivity contribution in [2.75, 3.05) is 6.54 Å². The second-order valence-electron chi connectivity index (χ2n) is 5.40. The summed E-state index contributed by atoms with van der Waals surface area (Å²) in [6.45, 7) is 2.51. The highest BCUT2D eigenvalue weighted by Gasteiger charge is 2.12. The maximum absolute atomic E-state index is 11.8. The van der Waals surface area contributed by atoms with Crippen LogP contribution in [0.3, 0.4) is 0 Å². The molecule has 2 aromatic rings.